The third kappa shape index (κ3) is 3.84. The first-order valence-electron chi connectivity index (χ1n) is 9.72. The topological polar surface area (TPSA) is 40.5 Å². The number of rotatable bonds is 2. The van der Waals surface area contributed by atoms with Crippen molar-refractivity contribution in [3.05, 3.63) is 59.7 Å². The Kier molecular flexibility index (Phi) is 5.67. The molecule has 1 aliphatic rings. The predicted octanol–water partition coefficient (Wildman–Crippen LogP) is 6.15. The molecule has 0 spiro atoms. The Balaban J connectivity index is 2.10. The molecule has 2 N–H and O–H groups in total. The minimum atomic E-state index is -0.0568. The molecule has 1 atom stereocenters. The third-order valence-electron chi connectivity index (χ3n) is 6.06. The summed E-state index contributed by atoms with van der Waals surface area (Å²) in [5, 5.41) is 19.5. The van der Waals surface area contributed by atoms with E-state index in [1.165, 1.54) is 56.1 Å². The normalized spacial score (nSPS) is 21.6. The van der Waals surface area contributed by atoms with Crippen molar-refractivity contribution in [2.45, 2.75) is 63.7 Å². The van der Waals surface area contributed by atoms with Gasteiger partial charge in [0.2, 0.25) is 0 Å². The second kappa shape index (κ2) is 7.95. The molecule has 1 fully saturated rings. The highest BCUT2D eigenvalue weighted by molar-refractivity contribution is 5.43. The van der Waals surface area contributed by atoms with Gasteiger partial charge in [-0.15, -0.1) is 0 Å². The highest BCUT2D eigenvalue weighted by atomic mass is 16.3. The van der Waals surface area contributed by atoms with Crippen LogP contribution < -0.4 is 0 Å². The van der Waals surface area contributed by atoms with Gasteiger partial charge in [-0.3, -0.25) is 0 Å². The molecule has 0 amide bonds. The van der Waals surface area contributed by atoms with E-state index in [1.54, 1.807) is 0 Å². The first-order valence-corrected chi connectivity index (χ1v) is 9.72. The van der Waals surface area contributed by atoms with Crippen LogP contribution in [0.25, 0.3) is 0 Å². The summed E-state index contributed by atoms with van der Waals surface area (Å²) in [7, 11) is 0. The quantitative estimate of drug-likeness (QED) is 0.689. The average Bonchev–Trinajstić information content (AvgIpc) is 2.62. The lowest BCUT2D eigenvalue weighted by Gasteiger charge is -2.41. The molecular formula is C23H30O2. The van der Waals surface area contributed by atoms with Gasteiger partial charge in [0.15, 0.2) is 0 Å². The first-order chi connectivity index (χ1) is 12.1. The molecule has 3 rings (SSSR count). The van der Waals surface area contributed by atoms with E-state index in [0.29, 0.717) is 17.4 Å². The van der Waals surface area contributed by atoms with Gasteiger partial charge < -0.3 is 10.2 Å². The van der Waals surface area contributed by atoms with Crippen molar-refractivity contribution in [3.63, 3.8) is 0 Å². The standard InChI is InChI=1S/C23H30O2/c1-18-8-6-4-2-3-5-7-17-23(18,19-9-13-21(24)14-10-19)20-11-15-22(25)16-12-20/h9-16,18,24-25H,2-8,17H2,1H3. The Labute approximate surface area is 151 Å². The minimum Gasteiger partial charge on any atom is -0.508 e. The molecule has 0 aliphatic heterocycles. The molecule has 0 heterocycles. The Morgan fingerprint density at radius 1 is 0.680 bits per heavy atom. The van der Waals surface area contributed by atoms with Crippen LogP contribution in [-0.2, 0) is 5.41 Å². The second-order valence-corrected chi connectivity index (χ2v) is 7.63. The molecule has 1 aliphatic carbocycles. The van der Waals surface area contributed by atoms with Gasteiger partial charge in [0.1, 0.15) is 11.5 Å². The fourth-order valence-corrected chi connectivity index (χ4v) is 4.60. The molecule has 0 saturated heterocycles. The number of hydrogen-bond acceptors (Lipinski definition) is 2. The van der Waals surface area contributed by atoms with Crippen LogP contribution in [0, 0.1) is 5.92 Å². The van der Waals surface area contributed by atoms with Crippen LogP contribution in [0.5, 0.6) is 11.5 Å². The second-order valence-electron chi connectivity index (χ2n) is 7.63. The van der Waals surface area contributed by atoms with E-state index in [2.05, 4.69) is 31.2 Å². The Morgan fingerprint density at radius 2 is 1.12 bits per heavy atom. The number of phenols is 2. The lowest BCUT2D eigenvalue weighted by Crippen LogP contribution is -2.35. The summed E-state index contributed by atoms with van der Waals surface area (Å²) in [5.41, 5.74) is 2.51. The molecule has 2 aromatic rings. The van der Waals surface area contributed by atoms with Gasteiger partial charge >= 0.3 is 0 Å². The molecule has 2 aromatic carbocycles. The van der Waals surface area contributed by atoms with E-state index in [-0.39, 0.29) is 5.41 Å². The summed E-state index contributed by atoms with van der Waals surface area (Å²) >= 11 is 0. The molecular weight excluding hydrogens is 308 g/mol. The zero-order valence-corrected chi connectivity index (χ0v) is 15.2. The number of hydrogen-bond donors (Lipinski definition) is 2. The smallest absolute Gasteiger partial charge is 0.115 e. The van der Waals surface area contributed by atoms with Gasteiger partial charge in [0.05, 0.1) is 0 Å². The molecule has 1 saturated carbocycles. The number of aromatic hydroxyl groups is 2. The van der Waals surface area contributed by atoms with Gasteiger partial charge in [0.25, 0.3) is 0 Å². The fraction of sp³-hybridized carbons (Fsp3) is 0.478. The van der Waals surface area contributed by atoms with Crippen LogP contribution in [-0.4, -0.2) is 10.2 Å². The van der Waals surface area contributed by atoms with E-state index in [0.717, 1.165) is 6.42 Å². The zero-order valence-electron chi connectivity index (χ0n) is 15.2. The Morgan fingerprint density at radius 3 is 1.64 bits per heavy atom. The Hall–Kier alpha value is -1.96. The lowest BCUT2D eigenvalue weighted by atomic mass is 9.62. The van der Waals surface area contributed by atoms with E-state index >= 15 is 0 Å². The molecule has 1 unspecified atom stereocenters. The summed E-state index contributed by atoms with van der Waals surface area (Å²) in [6.45, 7) is 2.38. The van der Waals surface area contributed by atoms with E-state index in [1.807, 2.05) is 24.3 Å². The van der Waals surface area contributed by atoms with Gasteiger partial charge in [-0.05, 0) is 54.2 Å². The molecule has 0 radical (unpaired) electrons. The fourth-order valence-electron chi connectivity index (χ4n) is 4.60. The van der Waals surface area contributed by atoms with Crippen LogP contribution in [0.15, 0.2) is 48.5 Å². The van der Waals surface area contributed by atoms with Crippen LogP contribution in [0.1, 0.15) is 69.4 Å². The van der Waals surface area contributed by atoms with Crippen molar-refractivity contribution in [1.29, 1.82) is 0 Å². The maximum atomic E-state index is 9.76. The molecule has 134 valence electrons. The zero-order chi connectivity index (χ0) is 17.7. The van der Waals surface area contributed by atoms with Crippen LogP contribution in [0.4, 0.5) is 0 Å². The molecule has 2 heteroatoms. The van der Waals surface area contributed by atoms with Crippen LogP contribution in [0.3, 0.4) is 0 Å². The molecule has 2 nitrogen and oxygen atoms in total. The van der Waals surface area contributed by atoms with Crippen LogP contribution in [0.2, 0.25) is 0 Å². The maximum Gasteiger partial charge on any atom is 0.115 e. The van der Waals surface area contributed by atoms with E-state index < -0.39 is 0 Å². The monoisotopic (exact) mass is 338 g/mol. The van der Waals surface area contributed by atoms with Crippen molar-refractivity contribution >= 4 is 0 Å². The molecule has 25 heavy (non-hydrogen) atoms. The highest BCUT2D eigenvalue weighted by Gasteiger charge is 2.39. The summed E-state index contributed by atoms with van der Waals surface area (Å²) in [6, 6.07) is 15.6. The number of benzene rings is 2. The first kappa shape index (κ1) is 17.8. The Bertz CT molecular complexity index is 612. The van der Waals surface area contributed by atoms with Gasteiger partial charge in [0, 0.05) is 5.41 Å². The van der Waals surface area contributed by atoms with Crippen molar-refractivity contribution < 1.29 is 10.2 Å². The van der Waals surface area contributed by atoms with Gasteiger partial charge in [-0.1, -0.05) is 69.7 Å². The van der Waals surface area contributed by atoms with E-state index in [9.17, 15) is 10.2 Å². The van der Waals surface area contributed by atoms with E-state index in [4.69, 9.17) is 0 Å². The SMILES string of the molecule is CC1CCCCCCCCC1(c1ccc(O)cc1)c1ccc(O)cc1. The summed E-state index contributed by atoms with van der Waals surface area (Å²) in [5.74, 6) is 1.15. The lowest BCUT2D eigenvalue weighted by molar-refractivity contribution is 0.278. The minimum absolute atomic E-state index is 0.0568. The third-order valence-corrected chi connectivity index (χ3v) is 6.06. The van der Waals surface area contributed by atoms with Crippen LogP contribution >= 0.6 is 0 Å². The number of phenolic OH excluding ortho intramolecular Hbond substituents is 2. The summed E-state index contributed by atoms with van der Waals surface area (Å²) in [6.07, 6.45) is 10.1. The summed E-state index contributed by atoms with van der Waals surface area (Å²) < 4.78 is 0. The molecule has 0 aromatic heterocycles. The van der Waals surface area contributed by atoms with Gasteiger partial charge in [-0.25, -0.2) is 0 Å². The summed E-state index contributed by atoms with van der Waals surface area (Å²) in [4.78, 5) is 0. The van der Waals surface area contributed by atoms with Crippen molar-refractivity contribution in [2.75, 3.05) is 0 Å². The molecule has 0 bridgehead atoms. The maximum absolute atomic E-state index is 9.76. The predicted molar refractivity (Wildman–Crippen MR) is 103 cm³/mol. The highest BCUT2D eigenvalue weighted by Crippen LogP contribution is 2.46. The van der Waals surface area contributed by atoms with Crippen molar-refractivity contribution in [2.24, 2.45) is 5.92 Å². The van der Waals surface area contributed by atoms with Gasteiger partial charge in [-0.2, -0.15) is 0 Å². The average molecular weight is 338 g/mol. The van der Waals surface area contributed by atoms with Crippen molar-refractivity contribution in [3.8, 4) is 11.5 Å². The van der Waals surface area contributed by atoms with Crippen molar-refractivity contribution in [1.82, 2.24) is 0 Å². The largest absolute Gasteiger partial charge is 0.508 e.